The van der Waals surface area contributed by atoms with Crippen LogP contribution in [0.15, 0.2) is 41.6 Å². The number of thioether (sulfide) groups is 1. The van der Waals surface area contributed by atoms with Crippen LogP contribution in [0.1, 0.15) is 17.0 Å². The molecule has 0 N–H and O–H groups in total. The molecule has 0 saturated carbocycles. The van der Waals surface area contributed by atoms with Crippen LogP contribution in [-0.4, -0.2) is 57.6 Å². The predicted octanol–water partition coefficient (Wildman–Crippen LogP) is 2.53. The molecule has 5 nitrogen and oxygen atoms in total. The van der Waals surface area contributed by atoms with Gasteiger partial charge in [-0.05, 0) is 25.5 Å². The second-order valence-electron chi connectivity index (χ2n) is 6.36. The van der Waals surface area contributed by atoms with Gasteiger partial charge in [-0.1, -0.05) is 42.1 Å². The summed E-state index contributed by atoms with van der Waals surface area (Å²) in [6.07, 6.45) is 0. The highest BCUT2D eigenvalue weighted by molar-refractivity contribution is 7.99. The van der Waals surface area contributed by atoms with E-state index in [-0.39, 0.29) is 5.91 Å². The molecular weight excluding hydrogens is 332 g/mol. The van der Waals surface area contributed by atoms with Crippen LogP contribution >= 0.6 is 11.8 Å². The first-order chi connectivity index (χ1) is 12.1. The number of nitrogens with zero attached hydrogens (tertiary/aromatic N) is 4. The zero-order valence-corrected chi connectivity index (χ0v) is 15.6. The second kappa shape index (κ2) is 8.45. The molecule has 1 aromatic carbocycles. The lowest BCUT2D eigenvalue weighted by Crippen LogP contribution is -2.48. The van der Waals surface area contributed by atoms with Crippen LogP contribution < -0.4 is 0 Å². The summed E-state index contributed by atoms with van der Waals surface area (Å²) in [6.45, 7) is 8.28. The summed E-state index contributed by atoms with van der Waals surface area (Å²) >= 11 is 1.43. The first-order valence-corrected chi connectivity index (χ1v) is 9.58. The molecule has 1 aliphatic heterocycles. The first kappa shape index (κ1) is 17.9. The number of amides is 1. The quantitative estimate of drug-likeness (QED) is 0.609. The van der Waals surface area contributed by atoms with E-state index in [0.717, 1.165) is 44.1 Å². The van der Waals surface area contributed by atoms with Crippen LogP contribution in [0.3, 0.4) is 0 Å². The molecular formula is C19H24N4OS. The Morgan fingerprint density at radius 3 is 2.32 bits per heavy atom. The van der Waals surface area contributed by atoms with E-state index < -0.39 is 0 Å². The summed E-state index contributed by atoms with van der Waals surface area (Å²) in [4.78, 5) is 25.6. The third-order valence-corrected chi connectivity index (χ3v) is 5.09. The van der Waals surface area contributed by atoms with Gasteiger partial charge in [0, 0.05) is 44.1 Å². The highest BCUT2D eigenvalue weighted by Crippen LogP contribution is 2.16. The largest absolute Gasteiger partial charge is 0.339 e. The summed E-state index contributed by atoms with van der Waals surface area (Å²) in [6, 6.07) is 12.4. The van der Waals surface area contributed by atoms with Gasteiger partial charge in [-0.25, -0.2) is 9.97 Å². The fourth-order valence-electron chi connectivity index (χ4n) is 2.97. The van der Waals surface area contributed by atoms with E-state index in [1.54, 1.807) is 0 Å². The van der Waals surface area contributed by atoms with E-state index in [1.807, 2.05) is 30.9 Å². The van der Waals surface area contributed by atoms with Gasteiger partial charge in [-0.15, -0.1) is 0 Å². The van der Waals surface area contributed by atoms with Crippen molar-refractivity contribution < 1.29 is 4.79 Å². The zero-order chi connectivity index (χ0) is 17.6. The van der Waals surface area contributed by atoms with Gasteiger partial charge in [0.15, 0.2) is 5.16 Å². The molecule has 1 saturated heterocycles. The maximum absolute atomic E-state index is 12.4. The Kier molecular flexibility index (Phi) is 6.04. The molecule has 6 heteroatoms. The fourth-order valence-corrected chi connectivity index (χ4v) is 3.82. The zero-order valence-electron chi connectivity index (χ0n) is 14.8. The summed E-state index contributed by atoms with van der Waals surface area (Å²) in [5.74, 6) is 0.578. The second-order valence-corrected chi connectivity index (χ2v) is 7.31. The normalized spacial score (nSPS) is 15.4. The summed E-state index contributed by atoms with van der Waals surface area (Å²) < 4.78 is 0. The van der Waals surface area contributed by atoms with E-state index in [4.69, 9.17) is 0 Å². The van der Waals surface area contributed by atoms with Gasteiger partial charge in [-0.2, -0.15) is 0 Å². The molecule has 0 atom stereocenters. The molecule has 0 aliphatic carbocycles. The van der Waals surface area contributed by atoms with Gasteiger partial charge in [0.05, 0.1) is 5.75 Å². The topological polar surface area (TPSA) is 49.3 Å². The molecule has 0 bridgehead atoms. The van der Waals surface area contributed by atoms with Crippen LogP contribution in [-0.2, 0) is 11.3 Å². The Labute approximate surface area is 153 Å². The number of benzene rings is 1. The Morgan fingerprint density at radius 2 is 1.68 bits per heavy atom. The van der Waals surface area contributed by atoms with Crippen molar-refractivity contribution in [2.75, 3.05) is 31.9 Å². The Balaban J connectivity index is 1.45. The van der Waals surface area contributed by atoms with Gasteiger partial charge in [0.2, 0.25) is 5.91 Å². The van der Waals surface area contributed by atoms with Gasteiger partial charge in [0.25, 0.3) is 0 Å². The summed E-state index contributed by atoms with van der Waals surface area (Å²) in [7, 11) is 0. The summed E-state index contributed by atoms with van der Waals surface area (Å²) in [5, 5.41) is 0.688. The minimum absolute atomic E-state index is 0.173. The number of carbonyl (C=O) groups excluding carboxylic acids is 1. The van der Waals surface area contributed by atoms with Crippen LogP contribution in [0.4, 0.5) is 0 Å². The smallest absolute Gasteiger partial charge is 0.233 e. The maximum Gasteiger partial charge on any atom is 0.233 e. The average molecular weight is 356 g/mol. The summed E-state index contributed by atoms with van der Waals surface area (Å²) in [5.41, 5.74) is 3.21. The highest BCUT2D eigenvalue weighted by Gasteiger charge is 2.21. The van der Waals surface area contributed by atoms with Crippen molar-refractivity contribution in [3.05, 3.63) is 53.3 Å². The lowest BCUT2D eigenvalue weighted by Gasteiger charge is -2.34. The van der Waals surface area contributed by atoms with Crippen LogP contribution in [0.5, 0.6) is 0 Å². The number of hydrogen-bond acceptors (Lipinski definition) is 5. The number of hydrogen-bond donors (Lipinski definition) is 0. The molecule has 0 unspecified atom stereocenters. The lowest BCUT2D eigenvalue weighted by molar-refractivity contribution is -0.130. The van der Waals surface area contributed by atoms with Gasteiger partial charge in [-0.3, -0.25) is 9.69 Å². The molecule has 1 fully saturated rings. The molecule has 1 aromatic heterocycles. The highest BCUT2D eigenvalue weighted by atomic mass is 32.2. The van der Waals surface area contributed by atoms with Crippen LogP contribution in [0.25, 0.3) is 0 Å². The monoisotopic (exact) mass is 356 g/mol. The van der Waals surface area contributed by atoms with Crippen molar-refractivity contribution in [2.45, 2.75) is 25.5 Å². The number of aromatic nitrogens is 2. The third kappa shape index (κ3) is 5.28. The van der Waals surface area contributed by atoms with Gasteiger partial charge in [0.1, 0.15) is 0 Å². The van der Waals surface area contributed by atoms with E-state index in [2.05, 4.69) is 39.1 Å². The molecule has 1 aliphatic rings. The van der Waals surface area contributed by atoms with E-state index in [0.29, 0.717) is 10.9 Å². The van der Waals surface area contributed by atoms with E-state index in [1.165, 1.54) is 17.3 Å². The SMILES string of the molecule is Cc1cc(C)nc(SCC(=O)N2CCN(Cc3ccccc3)CC2)n1. The molecule has 2 aromatic rings. The minimum Gasteiger partial charge on any atom is -0.339 e. The van der Waals surface area contributed by atoms with Gasteiger partial charge >= 0.3 is 0 Å². The Hall–Kier alpha value is -1.92. The molecule has 2 heterocycles. The van der Waals surface area contributed by atoms with Crippen molar-refractivity contribution in [1.29, 1.82) is 0 Å². The number of carbonyl (C=O) groups is 1. The van der Waals surface area contributed by atoms with Crippen LogP contribution in [0.2, 0.25) is 0 Å². The predicted molar refractivity (Wildman–Crippen MR) is 101 cm³/mol. The molecule has 25 heavy (non-hydrogen) atoms. The molecule has 0 spiro atoms. The fraction of sp³-hybridized carbons (Fsp3) is 0.421. The Morgan fingerprint density at radius 1 is 1.04 bits per heavy atom. The van der Waals surface area contributed by atoms with Crippen LogP contribution in [0, 0.1) is 13.8 Å². The number of piperazine rings is 1. The van der Waals surface area contributed by atoms with Crippen molar-refractivity contribution in [3.63, 3.8) is 0 Å². The lowest BCUT2D eigenvalue weighted by atomic mass is 10.2. The number of rotatable bonds is 5. The van der Waals surface area contributed by atoms with Gasteiger partial charge < -0.3 is 4.90 Å². The third-order valence-electron chi connectivity index (χ3n) is 4.26. The van der Waals surface area contributed by atoms with Crippen molar-refractivity contribution in [1.82, 2.24) is 19.8 Å². The van der Waals surface area contributed by atoms with Crippen molar-refractivity contribution in [2.24, 2.45) is 0 Å². The number of aryl methyl sites for hydroxylation is 2. The molecule has 3 rings (SSSR count). The van der Waals surface area contributed by atoms with Crippen molar-refractivity contribution in [3.8, 4) is 0 Å². The average Bonchev–Trinajstić information content (AvgIpc) is 2.60. The molecule has 0 radical (unpaired) electrons. The van der Waals surface area contributed by atoms with Crippen molar-refractivity contribution >= 4 is 17.7 Å². The first-order valence-electron chi connectivity index (χ1n) is 8.59. The van der Waals surface area contributed by atoms with E-state index >= 15 is 0 Å². The maximum atomic E-state index is 12.4. The standard InChI is InChI=1S/C19H24N4OS/c1-15-12-16(2)21-19(20-15)25-14-18(24)23-10-8-22(9-11-23)13-17-6-4-3-5-7-17/h3-7,12H,8-11,13-14H2,1-2H3. The molecule has 132 valence electrons. The minimum atomic E-state index is 0.173. The Bertz CT molecular complexity index is 694. The molecule has 1 amide bonds. The van der Waals surface area contributed by atoms with E-state index in [9.17, 15) is 4.79 Å².